The van der Waals surface area contributed by atoms with Crippen molar-refractivity contribution in [3.05, 3.63) is 118 Å². The van der Waals surface area contributed by atoms with Crippen LogP contribution in [0.15, 0.2) is 84.5 Å². The van der Waals surface area contributed by atoms with Crippen molar-refractivity contribution in [1.29, 1.82) is 0 Å². The van der Waals surface area contributed by atoms with Crippen molar-refractivity contribution in [3.8, 4) is 5.75 Å². The lowest BCUT2D eigenvalue weighted by Crippen LogP contribution is -2.45. The maximum Gasteiger partial charge on any atom is 0.254 e. The van der Waals surface area contributed by atoms with Crippen LogP contribution < -0.4 is 10.5 Å². The fourth-order valence-electron chi connectivity index (χ4n) is 4.51. The maximum absolute atomic E-state index is 12.6. The molecule has 1 fully saturated rings. The van der Waals surface area contributed by atoms with E-state index in [-0.39, 0.29) is 11.9 Å². The van der Waals surface area contributed by atoms with Crippen molar-refractivity contribution in [1.82, 2.24) is 4.90 Å². The van der Waals surface area contributed by atoms with Gasteiger partial charge in [0.2, 0.25) is 0 Å². The molecule has 0 spiro atoms. The molecule has 1 aliphatic heterocycles. The van der Waals surface area contributed by atoms with Gasteiger partial charge in [0.05, 0.1) is 6.61 Å². The van der Waals surface area contributed by atoms with E-state index in [9.17, 15) is 4.79 Å². The van der Waals surface area contributed by atoms with Gasteiger partial charge in [0.15, 0.2) is 0 Å². The first kappa shape index (κ1) is 38.4. The van der Waals surface area contributed by atoms with Crippen LogP contribution >= 0.6 is 0 Å². The fourth-order valence-corrected chi connectivity index (χ4v) is 4.51. The lowest BCUT2D eigenvalue weighted by molar-refractivity contribution is 0.0708. The van der Waals surface area contributed by atoms with Gasteiger partial charge in [-0.15, -0.1) is 0 Å². The number of carbonyl (C=O) groups excluding carboxylic acids is 1. The van der Waals surface area contributed by atoms with Crippen LogP contribution in [0, 0.1) is 20.8 Å². The monoisotopic (exact) mass is 598 g/mol. The zero-order valence-corrected chi connectivity index (χ0v) is 29.0. The summed E-state index contributed by atoms with van der Waals surface area (Å²) in [6.07, 6.45) is 6.26. The summed E-state index contributed by atoms with van der Waals surface area (Å²) in [5.74, 6) is 0.885. The first-order chi connectivity index (χ1) is 21.1. The van der Waals surface area contributed by atoms with Crippen molar-refractivity contribution in [2.24, 2.45) is 5.73 Å². The number of ether oxygens (including phenoxy) is 1. The van der Waals surface area contributed by atoms with Gasteiger partial charge in [-0.1, -0.05) is 101 Å². The number of aryl methyl sites for hydroxylation is 3. The molecule has 1 saturated heterocycles. The molecule has 0 aromatic heterocycles. The summed E-state index contributed by atoms with van der Waals surface area (Å²) in [4.78, 5) is 14.5. The van der Waals surface area contributed by atoms with Gasteiger partial charge in [-0.05, 0) is 106 Å². The molecule has 240 valence electrons. The molecule has 1 amide bonds. The van der Waals surface area contributed by atoms with E-state index >= 15 is 0 Å². The SMILES string of the molecule is C=C(C)/C(C)=C/c1ccccc1C.CC.CCCOc1cc(C(=O)N2CCCC(N)C2)cc(C)c1C.CCc1ccccc1. The van der Waals surface area contributed by atoms with E-state index in [1.54, 1.807) is 0 Å². The number of benzene rings is 3. The van der Waals surface area contributed by atoms with E-state index in [0.29, 0.717) is 18.7 Å². The van der Waals surface area contributed by atoms with Crippen LogP contribution in [0.4, 0.5) is 0 Å². The summed E-state index contributed by atoms with van der Waals surface area (Å²) >= 11 is 0. The van der Waals surface area contributed by atoms with Gasteiger partial charge in [0, 0.05) is 24.7 Å². The Morgan fingerprint density at radius 1 is 0.977 bits per heavy atom. The Morgan fingerprint density at radius 3 is 2.16 bits per heavy atom. The van der Waals surface area contributed by atoms with Gasteiger partial charge in [-0.25, -0.2) is 0 Å². The summed E-state index contributed by atoms with van der Waals surface area (Å²) in [7, 11) is 0. The first-order valence-corrected chi connectivity index (χ1v) is 16.3. The molecule has 3 aromatic carbocycles. The Morgan fingerprint density at radius 2 is 1.61 bits per heavy atom. The molecule has 1 aliphatic rings. The van der Waals surface area contributed by atoms with Gasteiger partial charge in [-0.3, -0.25) is 4.79 Å². The predicted molar refractivity (Wildman–Crippen MR) is 192 cm³/mol. The number of nitrogens with zero attached hydrogens (tertiary/aromatic N) is 1. The van der Waals surface area contributed by atoms with Crippen LogP contribution in [0.25, 0.3) is 6.08 Å². The van der Waals surface area contributed by atoms with E-state index < -0.39 is 0 Å². The van der Waals surface area contributed by atoms with Crippen LogP contribution in [0.5, 0.6) is 5.75 Å². The Balaban J connectivity index is 0.000000357. The zero-order chi connectivity index (χ0) is 33.1. The zero-order valence-electron chi connectivity index (χ0n) is 29.0. The van der Waals surface area contributed by atoms with Crippen LogP contribution in [0.1, 0.15) is 99.0 Å². The number of rotatable bonds is 7. The second-order valence-electron chi connectivity index (χ2n) is 11.2. The van der Waals surface area contributed by atoms with Gasteiger partial charge in [0.25, 0.3) is 5.91 Å². The summed E-state index contributed by atoms with van der Waals surface area (Å²) in [5, 5.41) is 0. The number of piperidine rings is 1. The molecular formula is C40H58N2O2. The molecule has 1 heterocycles. The molecule has 0 radical (unpaired) electrons. The number of likely N-dealkylation sites (tertiary alicyclic amines) is 1. The Bertz CT molecular complexity index is 1310. The third-order valence-corrected chi connectivity index (χ3v) is 7.56. The van der Waals surface area contributed by atoms with Crippen molar-refractivity contribution < 1.29 is 9.53 Å². The summed E-state index contributed by atoms with van der Waals surface area (Å²) in [6.45, 7) is 24.6. The Kier molecular flexibility index (Phi) is 18.4. The second-order valence-corrected chi connectivity index (χ2v) is 11.2. The molecule has 0 saturated carbocycles. The Hall–Kier alpha value is -3.63. The minimum Gasteiger partial charge on any atom is -0.493 e. The highest BCUT2D eigenvalue weighted by Gasteiger charge is 2.23. The molecule has 3 aromatic rings. The molecule has 1 atom stereocenters. The average molecular weight is 599 g/mol. The second kappa shape index (κ2) is 21.1. The molecule has 4 heteroatoms. The lowest BCUT2D eigenvalue weighted by atomic mass is 10.0. The van der Waals surface area contributed by atoms with E-state index in [4.69, 9.17) is 10.5 Å². The Labute approximate surface area is 269 Å². The van der Waals surface area contributed by atoms with Crippen molar-refractivity contribution in [2.45, 2.75) is 94.0 Å². The minimum atomic E-state index is 0.0644. The number of hydrogen-bond donors (Lipinski definition) is 1. The van der Waals surface area contributed by atoms with Crippen molar-refractivity contribution in [3.63, 3.8) is 0 Å². The summed E-state index contributed by atoms with van der Waals surface area (Å²) in [6, 6.07) is 22.8. The van der Waals surface area contributed by atoms with Gasteiger partial charge in [0.1, 0.15) is 5.75 Å². The largest absolute Gasteiger partial charge is 0.493 e. The van der Waals surface area contributed by atoms with E-state index in [2.05, 4.69) is 88.9 Å². The van der Waals surface area contributed by atoms with Crippen LogP contribution in [-0.4, -0.2) is 36.5 Å². The molecule has 4 rings (SSSR count). The molecule has 4 nitrogen and oxygen atoms in total. The summed E-state index contributed by atoms with van der Waals surface area (Å²) < 4.78 is 5.77. The highest BCUT2D eigenvalue weighted by molar-refractivity contribution is 5.95. The molecule has 44 heavy (non-hydrogen) atoms. The topological polar surface area (TPSA) is 55.6 Å². The molecule has 0 aliphatic carbocycles. The number of amides is 1. The summed E-state index contributed by atoms with van der Waals surface area (Å²) in [5.41, 5.74) is 15.2. The number of carbonyl (C=O) groups is 1. The van der Waals surface area contributed by atoms with Crippen LogP contribution in [-0.2, 0) is 6.42 Å². The standard InChI is InChI=1S/C17H26N2O2.C13H16.C8H10.C2H6/c1-4-8-21-16-10-14(9-12(2)13(16)3)17(20)19-7-5-6-15(18)11-19;1-10(2)12(4)9-13-8-6-5-7-11(13)3;1-2-8-6-4-3-5-7-8;1-2/h9-10,15H,4-8,11,18H2,1-3H3;5-9H,1H2,2-4H3;3-7H,2H2,1H3;1-2H3/b;12-9+;;. The normalized spacial score (nSPS) is 14.1. The van der Waals surface area contributed by atoms with Crippen LogP contribution in [0.3, 0.4) is 0 Å². The average Bonchev–Trinajstić information content (AvgIpc) is 3.04. The molecule has 2 N–H and O–H groups in total. The van der Waals surface area contributed by atoms with Crippen molar-refractivity contribution >= 4 is 12.0 Å². The number of hydrogen-bond acceptors (Lipinski definition) is 3. The van der Waals surface area contributed by atoms with Gasteiger partial charge >= 0.3 is 0 Å². The predicted octanol–water partition coefficient (Wildman–Crippen LogP) is 9.91. The van der Waals surface area contributed by atoms with Gasteiger partial charge < -0.3 is 15.4 Å². The number of nitrogens with two attached hydrogens (primary N) is 1. The minimum absolute atomic E-state index is 0.0644. The highest BCUT2D eigenvalue weighted by Crippen LogP contribution is 2.25. The van der Waals surface area contributed by atoms with E-state index in [0.717, 1.165) is 54.7 Å². The molecular weight excluding hydrogens is 540 g/mol. The fraction of sp³-hybridized carbons (Fsp3) is 0.425. The first-order valence-electron chi connectivity index (χ1n) is 16.3. The smallest absolute Gasteiger partial charge is 0.254 e. The van der Waals surface area contributed by atoms with Gasteiger partial charge in [-0.2, -0.15) is 0 Å². The third-order valence-electron chi connectivity index (χ3n) is 7.56. The number of allylic oxidation sites excluding steroid dienone is 2. The quantitative estimate of drug-likeness (QED) is 0.275. The molecule has 0 bridgehead atoms. The maximum atomic E-state index is 12.6. The van der Waals surface area contributed by atoms with Crippen LogP contribution in [0.2, 0.25) is 0 Å². The van der Waals surface area contributed by atoms with E-state index in [1.165, 1.54) is 22.3 Å². The van der Waals surface area contributed by atoms with Crippen molar-refractivity contribution in [2.75, 3.05) is 19.7 Å². The highest BCUT2D eigenvalue weighted by atomic mass is 16.5. The molecule has 1 unspecified atom stereocenters. The lowest BCUT2D eigenvalue weighted by Gasteiger charge is -2.31. The van der Waals surface area contributed by atoms with E-state index in [1.807, 2.05) is 57.7 Å². The third kappa shape index (κ3) is 13.3.